The van der Waals surface area contributed by atoms with Gasteiger partial charge in [0.05, 0.1) is 18.5 Å². The molecule has 40 heavy (non-hydrogen) atoms. The van der Waals surface area contributed by atoms with Crippen LogP contribution in [0.25, 0.3) is 0 Å². The van der Waals surface area contributed by atoms with Crippen molar-refractivity contribution >= 4 is 34.1 Å². The Hall–Kier alpha value is -4.53. The fourth-order valence-electron chi connectivity index (χ4n) is 3.54. The zero-order chi connectivity index (χ0) is 28.4. The highest BCUT2D eigenvalue weighted by Crippen LogP contribution is 2.23. The Morgan fingerprint density at radius 1 is 0.850 bits per heavy atom. The van der Waals surface area contributed by atoms with Crippen LogP contribution < -0.4 is 15.4 Å². The average Bonchev–Trinajstić information content (AvgIpc) is 3.34. The standard InChI is InChI=1S/C25H23F3N8O3S/c26-25(27,28)39-19-6-3-4-16(10-19)11-21(37)31-20-9-8-18(33-34-20)5-1-2-7-23-35-36-24(40-23)32-22(38)12-17-13-29-15-30-14-17/h3-4,6,8-10,13-15H,1-2,5,7,11-12H2,(H,31,34,37)(H,32,36,38). The molecule has 0 atom stereocenters. The fourth-order valence-corrected chi connectivity index (χ4v) is 4.34. The Labute approximate surface area is 230 Å². The normalized spacial score (nSPS) is 11.2. The van der Waals surface area contributed by atoms with E-state index in [9.17, 15) is 22.8 Å². The van der Waals surface area contributed by atoms with Gasteiger partial charge >= 0.3 is 6.36 Å². The summed E-state index contributed by atoms with van der Waals surface area (Å²) in [5.41, 5.74) is 1.80. The maximum Gasteiger partial charge on any atom is 0.573 e. The second-order valence-electron chi connectivity index (χ2n) is 8.51. The molecule has 4 rings (SSSR count). The van der Waals surface area contributed by atoms with Gasteiger partial charge in [0.25, 0.3) is 0 Å². The van der Waals surface area contributed by atoms with Crippen molar-refractivity contribution in [1.82, 2.24) is 30.4 Å². The van der Waals surface area contributed by atoms with E-state index in [1.807, 2.05) is 0 Å². The van der Waals surface area contributed by atoms with Gasteiger partial charge in [0.1, 0.15) is 17.1 Å². The average molecular weight is 573 g/mol. The number of aromatic nitrogens is 6. The summed E-state index contributed by atoms with van der Waals surface area (Å²) in [5, 5.41) is 22.8. The zero-order valence-electron chi connectivity index (χ0n) is 20.9. The first-order valence-corrected chi connectivity index (χ1v) is 12.9. The summed E-state index contributed by atoms with van der Waals surface area (Å²) in [6, 6.07) is 8.58. The largest absolute Gasteiger partial charge is 0.573 e. The first-order chi connectivity index (χ1) is 19.2. The number of carbonyl (C=O) groups excluding carboxylic acids is 2. The molecule has 0 unspecified atom stereocenters. The van der Waals surface area contributed by atoms with Crippen LogP contribution in [-0.4, -0.2) is 48.5 Å². The molecule has 0 saturated carbocycles. The molecule has 0 aliphatic heterocycles. The molecular weight excluding hydrogens is 549 g/mol. The van der Waals surface area contributed by atoms with E-state index in [1.165, 1.54) is 29.8 Å². The van der Waals surface area contributed by atoms with Gasteiger partial charge in [-0.3, -0.25) is 9.59 Å². The number of hydrogen-bond acceptors (Lipinski definition) is 10. The van der Waals surface area contributed by atoms with Gasteiger partial charge in [0.2, 0.25) is 16.9 Å². The molecule has 3 aromatic heterocycles. The Morgan fingerprint density at radius 2 is 1.60 bits per heavy atom. The Balaban J connectivity index is 1.15. The van der Waals surface area contributed by atoms with Crippen LogP contribution in [0.3, 0.4) is 0 Å². The summed E-state index contributed by atoms with van der Waals surface area (Å²) < 4.78 is 41.0. The lowest BCUT2D eigenvalue weighted by atomic mass is 10.1. The van der Waals surface area contributed by atoms with Crippen molar-refractivity contribution < 1.29 is 27.5 Å². The molecule has 208 valence electrons. The summed E-state index contributed by atoms with van der Waals surface area (Å²) >= 11 is 1.32. The molecule has 2 N–H and O–H groups in total. The number of unbranched alkanes of at least 4 members (excludes halogenated alkanes) is 1. The second-order valence-corrected chi connectivity index (χ2v) is 9.57. The molecule has 0 radical (unpaired) electrons. The molecule has 4 aromatic rings. The van der Waals surface area contributed by atoms with Gasteiger partial charge in [-0.05, 0) is 54.7 Å². The molecular formula is C25H23F3N8O3S. The van der Waals surface area contributed by atoms with E-state index < -0.39 is 18.0 Å². The lowest BCUT2D eigenvalue weighted by Crippen LogP contribution is -2.18. The summed E-state index contributed by atoms with van der Waals surface area (Å²) in [6.45, 7) is 0. The molecule has 0 bridgehead atoms. The molecule has 0 aliphatic carbocycles. The Bertz CT molecular complexity index is 1420. The number of aryl methyl sites for hydroxylation is 2. The molecule has 0 spiro atoms. The minimum atomic E-state index is -4.81. The van der Waals surface area contributed by atoms with E-state index in [0.717, 1.165) is 35.7 Å². The summed E-state index contributed by atoms with van der Waals surface area (Å²) in [6.07, 6.45) is 2.73. The number of amides is 2. The van der Waals surface area contributed by atoms with E-state index in [1.54, 1.807) is 24.5 Å². The smallest absolute Gasteiger partial charge is 0.406 e. The van der Waals surface area contributed by atoms with Crippen LogP contribution in [0.4, 0.5) is 24.1 Å². The van der Waals surface area contributed by atoms with Crippen molar-refractivity contribution in [3.63, 3.8) is 0 Å². The maximum absolute atomic E-state index is 12.4. The molecule has 0 fully saturated rings. The maximum atomic E-state index is 12.4. The van der Waals surface area contributed by atoms with E-state index in [4.69, 9.17) is 0 Å². The third-order valence-corrected chi connectivity index (χ3v) is 6.15. The van der Waals surface area contributed by atoms with Crippen molar-refractivity contribution in [3.8, 4) is 5.75 Å². The molecule has 0 saturated heterocycles. The summed E-state index contributed by atoms with van der Waals surface area (Å²) in [4.78, 5) is 32.2. The first kappa shape index (κ1) is 28.5. The van der Waals surface area contributed by atoms with Crippen molar-refractivity contribution in [2.24, 2.45) is 0 Å². The number of carbonyl (C=O) groups is 2. The zero-order valence-corrected chi connectivity index (χ0v) is 21.7. The number of rotatable bonds is 12. The van der Waals surface area contributed by atoms with Crippen LogP contribution in [0, 0.1) is 0 Å². The highest BCUT2D eigenvalue weighted by Gasteiger charge is 2.31. The Kier molecular flexibility index (Phi) is 9.62. The fraction of sp³-hybridized carbons (Fsp3) is 0.280. The van der Waals surface area contributed by atoms with Gasteiger partial charge < -0.3 is 15.4 Å². The lowest BCUT2D eigenvalue weighted by molar-refractivity contribution is -0.274. The van der Waals surface area contributed by atoms with E-state index in [-0.39, 0.29) is 24.6 Å². The van der Waals surface area contributed by atoms with Crippen molar-refractivity contribution in [2.45, 2.75) is 44.9 Å². The van der Waals surface area contributed by atoms with Crippen molar-refractivity contribution in [3.05, 3.63) is 76.9 Å². The minimum Gasteiger partial charge on any atom is -0.406 e. The number of nitrogens with one attached hydrogen (secondary N) is 2. The molecule has 11 nitrogen and oxygen atoms in total. The number of hydrogen-bond donors (Lipinski definition) is 2. The predicted octanol–water partition coefficient (Wildman–Crippen LogP) is 3.94. The van der Waals surface area contributed by atoms with E-state index in [2.05, 4.69) is 45.7 Å². The Morgan fingerprint density at radius 3 is 2.35 bits per heavy atom. The monoisotopic (exact) mass is 572 g/mol. The molecule has 0 aliphatic rings. The highest BCUT2D eigenvalue weighted by atomic mass is 32.1. The third kappa shape index (κ3) is 9.65. The van der Waals surface area contributed by atoms with Crippen LogP contribution in [0.15, 0.2) is 55.1 Å². The number of ether oxygens (including phenoxy) is 1. The second kappa shape index (κ2) is 13.5. The van der Waals surface area contributed by atoms with Gasteiger partial charge in [-0.25, -0.2) is 9.97 Å². The van der Waals surface area contributed by atoms with Crippen LogP contribution in [-0.2, 0) is 35.3 Å². The van der Waals surface area contributed by atoms with Gasteiger partial charge in [-0.15, -0.1) is 28.5 Å². The van der Waals surface area contributed by atoms with Gasteiger partial charge in [-0.2, -0.15) is 5.10 Å². The van der Waals surface area contributed by atoms with Gasteiger partial charge in [0, 0.05) is 18.8 Å². The van der Waals surface area contributed by atoms with Gasteiger partial charge in [-0.1, -0.05) is 23.5 Å². The van der Waals surface area contributed by atoms with Crippen LogP contribution in [0.5, 0.6) is 5.75 Å². The first-order valence-electron chi connectivity index (χ1n) is 12.0. The number of halogens is 3. The topological polar surface area (TPSA) is 145 Å². The van der Waals surface area contributed by atoms with Gasteiger partial charge in [0.15, 0.2) is 5.82 Å². The number of nitrogens with zero attached hydrogens (tertiary/aromatic N) is 6. The lowest BCUT2D eigenvalue weighted by Gasteiger charge is -2.10. The summed E-state index contributed by atoms with van der Waals surface area (Å²) in [5.74, 6) is -0.831. The number of alkyl halides is 3. The van der Waals surface area contributed by atoms with Crippen LogP contribution >= 0.6 is 11.3 Å². The molecule has 3 heterocycles. The highest BCUT2D eigenvalue weighted by molar-refractivity contribution is 7.15. The number of benzene rings is 1. The van der Waals surface area contributed by atoms with Crippen LogP contribution in [0.2, 0.25) is 0 Å². The minimum absolute atomic E-state index is 0.147. The van der Waals surface area contributed by atoms with Crippen molar-refractivity contribution in [1.29, 1.82) is 0 Å². The summed E-state index contributed by atoms with van der Waals surface area (Å²) in [7, 11) is 0. The molecule has 1 aromatic carbocycles. The quantitative estimate of drug-likeness (QED) is 0.241. The molecule has 2 amide bonds. The molecule has 15 heteroatoms. The van der Waals surface area contributed by atoms with E-state index >= 15 is 0 Å². The SMILES string of the molecule is O=C(Cc1cccc(OC(F)(F)F)c1)Nc1ccc(CCCCc2nnc(NC(=O)Cc3cncnc3)s2)nn1. The number of anilines is 2. The predicted molar refractivity (Wildman–Crippen MR) is 138 cm³/mol. The van der Waals surface area contributed by atoms with E-state index in [0.29, 0.717) is 29.1 Å². The van der Waals surface area contributed by atoms with Crippen LogP contribution in [0.1, 0.15) is 34.7 Å². The third-order valence-electron chi connectivity index (χ3n) is 5.25. The van der Waals surface area contributed by atoms with Crippen molar-refractivity contribution in [2.75, 3.05) is 10.6 Å².